The molecule has 0 bridgehead atoms. The van der Waals surface area contributed by atoms with Crippen LogP contribution in [0.5, 0.6) is 0 Å². The molecule has 1 heterocycles. The van der Waals surface area contributed by atoms with Crippen LogP contribution in [0.4, 0.5) is 5.69 Å². The fourth-order valence-electron chi connectivity index (χ4n) is 3.30. The minimum absolute atomic E-state index is 0.192. The number of carbonyl (C=O) groups is 2. The van der Waals surface area contributed by atoms with Crippen molar-refractivity contribution < 1.29 is 9.59 Å². The van der Waals surface area contributed by atoms with Gasteiger partial charge in [-0.3, -0.25) is 9.59 Å². The SMILES string of the molecule is CC(=O)N/C(=C\c1ccccc1C)C(=O)Nc1ccc(-c2nc3ccc(C)cc3s2)cc1. The van der Waals surface area contributed by atoms with E-state index in [1.165, 1.54) is 12.5 Å². The van der Waals surface area contributed by atoms with Crippen molar-refractivity contribution >= 4 is 45.1 Å². The van der Waals surface area contributed by atoms with Crippen LogP contribution in [-0.2, 0) is 9.59 Å². The molecule has 32 heavy (non-hydrogen) atoms. The van der Waals surface area contributed by atoms with E-state index >= 15 is 0 Å². The van der Waals surface area contributed by atoms with E-state index in [-0.39, 0.29) is 17.5 Å². The van der Waals surface area contributed by atoms with Crippen LogP contribution < -0.4 is 10.6 Å². The number of anilines is 1. The molecule has 4 rings (SSSR count). The van der Waals surface area contributed by atoms with Crippen molar-refractivity contribution in [3.05, 3.63) is 89.1 Å². The normalized spacial score (nSPS) is 11.4. The van der Waals surface area contributed by atoms with Crippen LogP contribution in [0, 0.1) is 13.8 Å². The molecule has 0 unspecified atom stereocenters. The summed E-state index contributed by atoms with van der Waals surface area (Å²) in [4.78, 5) is 29.2. The van der Waals surface area contributed by atoms with E-state index in [4.69, 9.17) is 4.98 Å². The number of nitrogens with one attached hydrogen (secondary N) is 2. The van der Waals surface area contributed by atoms with Crippen molar-refractivity contribution in [3.8, 4) is 10.6 Å². The second-order valence-electron chi connectivity index (χ2n) is 7.62. The minimum atomic E-state index is -0.383. The number of amides is 2. The number of rotatable bonds is 5. The van der Waals surface area contributed by atoms with Crippen LogP contribution >= 0.6 is 11.3 Å². The van der Waals surface area contributed by atoms with E-state index in [1.54, 1.807) is 17.4 Å². The van der Waals surface area contributed by atoms with Crippen LogP contribution in [0.25, 0.3) is 26.9 Å². The van der Waals surface area contributed by atoms with E-state index in [9.17, 15) is 9.59 Å². The highest BCUT2D eigenvalue weighted by Crippen LogP contribution is 2.31. The molecule has 2 N–H and O–H groups in total. The molecule has 4 aromatic rings. The maximum absolute atomic E-state index is 12.9. The maximum atomic E-state index is 12.9. The van der Waals surface area contributed by atoms with Gasteiger partial charge in [0.2, 0.25) is 5.91 Å². The summed E-state index contributed by atoms with van der Waals surface area (Å²) in [7, 11) is 0. The van der Waals surface area contributed by atoms with E-state index in [0.717, 1.165) is 31.9 Å². The standard InChI is InChI=1S/C26H23N3O2S/c1-16-8-13-22-24(14-16)32-26(29-22)19-9-11-21(12-10-19)28-25(31)23(27-18(3)30)15-20-7-5-4-6-17(20)2/h4-15H,1-3H3,(H,27,30)(H,28,31)/b23-15-. The van der Waals surface area contributed by atoms with Crippen LogP contribution in [0.1, 0.15) is 23.6 Å². The summed E-state index contributed by atoms with van der Waals surface area (Å²) < 4.78 is 1.15. The Balaban J connectivity index is 1.55. The van der Waals surface area contributed by atoms with Gasteiger partial charge in [-0.15, -0.1) is 11.3 Å². The Labute approximate surface area is 190 Å². The molecule has 1 aromatic heterocycles. The molecule has 0 saturated carbocycles. The van der Waals surface area contributed by atoms with Gasteiger partial charge in [-0.25, -0.2) is 4.98 Å². The molecule has 0 aliphatic heterocycles. The molecule has 2 amide bonds. The average Bonchev–Trinajstić information content (AvgIpc) is 3.18. The van der Waals surface area contributed by atoms with Crippen molar-refractivity contribution in [2.75, 3.05) is 5.32 Å². The first-order valence-electron chi connectivity index (χ1n) is 10.2. The molecule has 0 aliphatic rings. The quantitative estimate of drug-likeness (QED) is 0.391. The molecule has 160 valence electrons. The Kier molecular flexibility index (Phi) is 6.14. The van der Waals surface area contributed by atoms with Gasteiger partial charge in [0.05, 0.1) is 10.2 Å². The van der Waals surface area contributed by atoms with Gasteiger partial charge in [0, 0.05) is 18.2 Å². The largest absolute Gasteiger partial charge is 0.322 e. The van der Waals surface area contributed by atoms with Crippen molar-refractivity contribution in [1.82, 2.24) is 10.3 Å². The predicted molar refractivity (Wildman–Crippen MR) is 131 cm³/mol. The summed E-state index contributed by atoms with van der Waals surface area (Å²) in [6, 6.07) is 21.4. The fraction of sp³-hybridized carbons (Fsp3) is 0.115. The summed E-state index contributed by atoms with van der Waals surface area (Å²) in [6.07, 6.45) is 1.68. The van der Waals surface area contributed by atoms with Gasteiger partial charge in [0.1, 0.15) is 10.7 Å². The Hall–Kier alpha value is -3.77. The number of benzene rings is 3. The lowest BCUT2D eigenvalue weighted by atomic mass is 10.1. The van der Waals surface area contributed by atoms with Gasteiger partial charge in [0.15, 0.2) is 0 Å². The summed E-state index contributed by atoms with van der Waals surface area (Å²) >= 11 is 1.64. The molecular formula is C26H23N3O2S. The van der Waals surface area contributed by atoms with Crippen LogP contribution in [0.3, 0.4) is 0 Å². The van der Waals surface area contributed by atoms with E-state index in [2.05, 4.69) is 29.7 Å². The number of carbonyl (C=O) groups excluding carboxylic acids is 2. The number of fused-ring (bicyclic) bond motifs is 1. The highest BCUT2D eigenvalue weighted by Gasteiger charge is 2.13. The second kappa shape index (κ2) is 9.16. The van der Waals surface area contributed by atoms with Crippen LogP contribution in [0.2, 0.25) is 0 Å². The number of hydrogen-bond donors (Lipinski definition) is 2. The molecule has 0 atom stereocenters. The number of hydrogen-bond acceptors (Lipinski definition) is 4. The lowest BCUT2D eigenvalue weighted by Crippen LogP contribution is -2.29. The Bertz CT molecular complexity index is 1340. The number of aryl methyl sites for hydroxylation is 2. The average molecular weight is 442 g/mol. The highest BCUT2D eigenvalue weighted by atomic mass is 32.1. The molecule has 0 fully saturated rings. The van der Waals surface area contributed by atoms with Gasteiger partial charge < -0.3 is 10.6 Å². The summed E-state index contributed by atoms with van der Waals surface area (Å²) in [5.74, 6) is -0.687. The lowest BCUT2D eigenvalue weighted by molar-refractivity contribution is -0.120. The Morgan fingerprint density at radius 1 is 0.969 bits per heavy atom. The zero-order valence-electron chi connectivity index (χ0n) is 18.1. The van der Waals surface area contributed by atoms with Crippen molar-refractivity contribution in [1.29, 1.82) is 0 Å². The maximum Gasteiger partial charge on any atom is 0.272 e. The third-order valence-corrected chi connectivity index (χ3v) is 6.04. The predicted octanol–water partition coefficient (Wildman–Crippen LogP) is 5.70. The van der Waals surface area contributed by atoms with Crippen molar-refractivity contribution in [2.45, 2.75) is 20.8 Å². The molecule has 0 radical (unpaired) electrons. The molecule has 0 spiro atoms. The first-order valence-corrected chi connectivity index (χ1v) is 11.0. The second-order valence-corrected chi connectivity index (χ2v) is 8.65. The first kappa shape index (κ1) is 21.5. The highest BCUT2D eigenvalue weighted by molar-refractivity contribution is 7.21. The van der Waals surface area contributed by atoms with Crippen LogP contribution in [-0.4, -0.2) is 16.8 Å². The third kappa shape index (κ3) is 4.92. The van der Waals surface area contributed by atoms with Gasteiger partial charge >= 0.3 is 0 Å². The Morgan fingerprint density at radius 2 is 1.72 bits per heavy atom. The topological polar surface area (TPSA) is 71.1 Å². The number of nitrogens with zero attached hydrogens (tertiary/aromatic N) is 1. The van der Waals surface area contributed by atoms with Crippen molar-refractivity contribution in [2.24, 2.45) is 0 Å². The number of aromatic nitrogens is 1. The third-order valence-electron chi connectivity index (χ3n) is 4.98. The summed E-state index contributed by atoms with van der Waals surface area (Å²) in [6.45, 7) is 5.41. The van der Waals surface area contributed by atoms with Gasteiger partial charge in [-0.1, -0.05) is 30.3 Å². The first-order chi connectivity index (χ1) is 15.4. The van der Waals surface area contributed by atoms with Crippen molar-refractivity contribution in [3.63, 3.8) is 0 Å². The molecule has 3 aromatic carbocycles. The van der Waals surface area contributed by atoms with Crippen LogP contribution in [0.15, 0.2) is 72.4 Å². The molecule has 6 heteroatoms. The molecular weight excluding hydrogens is 418 g/mol. The molecule has 0 aliphatic carbocycles. The summed E-state index contributed by atoms with van der Waals surface area (Å²) in [5.41, 5.74) is 5.88. The molecule has 5 nitrogen and oxygen atoms in total. The van der Waals surface area contributed by atoms with E-state index in [0.29, 0.717) is 5.69 Å². The zero-order chi connectivity index (χ0) is 22.7. The minimum Gasteiger partial charge on any atom is -0.322 e. The zero-order valence-corrected chi connectivity index (χ0v) is 18.9. The smallest absolute Gasteiger partial charge is 0.272 e. The molecule has 0 saturated heterocycles. The lowest BCUT2D eigenvalue weighted by Gasteiger charge is -2.11. The van der Waals surface area contributed by atoms with Gasteiger partial charge in [0.25, 0.3) is 5.91 Å². The van der Waals surface area contributed by atoms with Gasteiger partial charge in [-0.2, -0.15) is 0 Å². The monoisotopic (exact) mass is 441 g/mol. The Morgan fingerprint density at radius 3 is 2.44 bits per heavy atom. The fourth-order valence-corrected chi connectivity index (χ4v) is 4.37. The number of thiazole rings is 1. The van der Waals surface area contributed by atoms with E-state index in [1.807, 2.05) is 61.5 Å². The summed E-state index contributed by atoms with van der Waals surface area (Å²) in [5, 5.41) is 6.43. The van der Waals surface area contributed by atoms with E-state index < -0.39 is 0 Å². The van der Waals surface area contributed by atoms with Gasteiger partial charge in [-0.05, 0) is 73.0 Å².